The van der Waals surface area contributed by atoms with E-state index in [2.05, 4.69) is 45.1 Å². The first-order valence-electron chi connectivity index (χ1n) is 9.12. The van der Waals surface area contributed by atoms with Crippen molar-refractivity contribution >= 4 is 5.78 Å². The predicted molar refractivity (Wildman–Crippen MR) is 105 cm³/mol. The molecule has 0 spiro atoms. The van der Waals surface area contributed by atoms with E-state index in [1.165, 1.54) is 0 Å². The molecular weight excluding hydrogens is 324 g/mol. The molecule has 1 fully saturated rings. The van der Waals surface area contributed by atoms with Crippen molar-refractivity contribution in [3.63, 3.8) is 0 Å². The summed E-state index contributed by atoms with van der Waals surface area (Å²) in [6.45, 7) is 10.2. The van der Waals surface area contributed by atoms with Gasteiger partial charge in [-0.05, 0) is 38.8 Å². The van der Waals surface area contributed by atoms with Gasteiger partial charge in [0, 0.05) is 18.7 Å². The fourth-order valence-corrected chi connectivity index (χ4v) is 3.67. The Labute approximate surface area is 156 Å². The number of hydroxylamine groups is 2. The molecule has 0 radical (unpaired) electrons. The largest absolute Gasteiger partial charge is 0.313 e. The van der Waals surface area contributed by atoms with Crippen molar-refractivity contribution in [1.82, 2.24) is 10.4 Å². The van der Waals surface area contributed by atoms with Crippen molar-refractivity contribution in [2.75, 3.05) is 19.7 Å². The number of rotatable bonds is 5. The Bertz CT molecular complexity index is 735. The molecule has 0 atom stereocenters. The van der Waals surface area contributed by atoms with Crippen LogP contribution in [0.4, 0.5) is 0 Å². The predicted octanol–water partition coefficient (Wildman–Crippen LogP) is 3.93. The highest BCUT2D eigenvalue weighted by Gasteiger charge is 2.42. The minimum atomic E-state index is -0.167. The fraction of sp³-hybridized carbons (Fsp3) is 0.409. The second-order valence-electron chi connectivity index (χ2n) is 8.16. The number of ketones is 1. The van der Waals surface area contributed by atoms with E-state index in [0.29, 0.717) is 5.56 Å². The minimum Gasteiger partial charge on any atom is -0.313 e. The first kappa shape index (κ1) is 18.8. The van der Waals surface area contributed by atoms with Crippen molar-refractivity contribution in [1.29, 1.82) is 0 Å². The second kappa shape index (κ2) is 7.31. The first-order valence-corrected chi connectivity index (χ1v) is 9.12. The quantitative estimate of drug-likeness (QED) is 0.828. The molecule has 26 heavy (non-hydrogen) atoms. The Morgan fingerprint density at radius 3 is 2.04 bits per heavy atom. The van der Waals surface area contributed by atoms with E-state index < -0.39 is 0 Å². The average Bonchev–Trinajstić information content (AvgIpc) is 2.61. The van der Waals surface area contributed by atoms with Gasteiger partial charge in [-0.25, -0.2) is 0 Å². The maximum absolute atomic E-state index is 12.6. The molecule has 1 aliphatic rings. The maximum atomic E-state index is 12.6. The molecule has 4 heteroatoms. The summed E-state index contributed by atoms with van der Waals surface area (Å²) in [5.41, 5.74) is 2.59. The third kappa shape index (κ3) is 4.04. The molecule has 0 amide bonds. The minimum absolute atomic E-state index is 0.00487. The molecule has 1 heterocycles. The Hall–Kier alpha value is -2.01. The summed E-state index contributed by atoms with van der Waals surface area (Å²) in [5, 5.41) is 5.41. The molecule has 1 N–H and O–H groups in total. The van der Waals surface area contributed by atoms with E-state index in [1.54, 1.807) is 0 Å². The van der Waals surface area contributed by atoms with E-state index in [9.17, 15) is 4.79 Å². The molecule has 0 unspecified atom stereocenters. The molecule has 4 nitrogen and oxygen atoms in total. The zero-order valence-corrected chi connectivity index (χ0v) is 16.1. The van der Waals surface area contributed by atoms with Crippen LogP contribution in [0.25, 0.3) is 11.1 Å². The number of nitrogens with one attached hydrogen (secondary N) is 1. The molecule has 0 bridgehead atoms. The number of nitrogens with zero attached hydrogens (tertiary/aromatic N) is 1. The number of hydrogen-bond donors (Lipinski definition) is 1. The molecule has 2 aromatic carbocycles. The van der Waals surface area contributed by atoms with E-state index in [-0.39, 0.29) is 23.5 Å². The van der Waals surface area contributed by atoms with Crippen LogP contribution in [0.15, 0.2) is 54.6 Å². The number of carbonyl (C=O) groups is 1. The maximum Gasteiger partial charge on any atom is 0.190 e. The first-order chi connectivity index (χ1) is 12.3. The zero-order chi connectivity index (χ0) is 18.8. The van der Waals surface area contributed by atoms with Gasteiger partial charge in [-0.2, -0.15) is 5.06 Å². The normalized spacial score (nSPS) is 19.2. The molecule has 2 aromatic rings. The average molecular weight is 352 g/mol. The number of Topliss-reactive ketones (excluding diaryl/α,β-unsaturated/α-hetero) is 1. The molecule has 1 aliphatic heterocycles. The van der Waals surface area contributed by atoms with Crippen molar-refractivity contribution in [3.05, 3.63) is 60.2 Å². The van der Waals surface area contributed by atoms with Gasteiger partial charge in [0.2, 0.25) is 0 Å². The third-order valence-electron chi connectivity index (χ3n) is 4.85. The van der Waals surface area contributed by atoms with Gasteiger partial charge in [0.05, 0.1) is 11.1 Å². The molecule has 0 saturated carbocycles. The lowest BCUT2D eigenvalue weighted by atomic mass is 9.92. The van der Waals surface area contributed by atoms with E-state index in [4.69, 9.17) is 4.84 Å². The van der Waals surface area contributed by atoms with Gasteiger partial charge in [0.25, 0.3) is 0 Å². The molecular formula is C22H28N2O2. The number of piperazine rings is 1. The lowest BCUT2D eigenvalue weighted by molar-refractivity contribution is -0.266. The van der Waals surface area contributed by atoms with E-state index in [1.807, 2.05) is 47.5 Å². The highest BCUT2D eigenvalue weighted by atomic mass is 16.7. The number of benzene rings is 2. The summed E-state index contributed by atoms with van der Waals surface area (Å²) in [5.74, 6) is -0.00487. The van der Waals surface area contributed by atoms with Crippen LogP contribution in [0.1, 0.15) is 38.1 Å². The zero-order valence-electron chi connectivity index (χ0n) is 16.1. The Kier molecular flexibility index (Phi) is 5.28. The number of hydrogen-bond acceptors (Lipinski definition) is 4. The van der Waals surface area contributed by atoms with Gasteiger partial charge in [0.15, 0.2) is 5.78 Å². The standard InChI is InChI=1S/C22H28N2O2/c1-21(2)15-23-16-22(3,4)24(21)26-14-20(25)19-12-10-18(11-13-19)17-8-6-5-7-9-17/h5-13,23H,14-16H2,1-4H3. The highest BCUT2D eigenvalue weighted by molar-refractivity contribution is 5.97. The van der Waals surface area contributed by atoms with Crippen molar-refractivity contribution < 1.29 is 9.63 Å². The summed E-state index contributed by atoms with van der Waals surface area (Å²) in [6.07, 6.45) is 0. The SMILES string of the molecule is CC1(C)CNCC(C)(C)N1OCC(=O)c1ccc(-c2ccccc2)cc1. The van der Waals surface area contributed by atoms with Crippen LogP contribution in [0, 0.1) is 0 Å². The Morgan fingerprint density at radius 1 is 0.923 bits per heavy atom. The monoisotopic (exact) mass is 352 g/mol. The number of carbonyl (C=O) groups excluding carboxylic acids is 1. The summed E-state index contributed by atoms with van der Waals surface area (Å²) in [7, 11) is 0. The second-order valence-corrected chi connectivity index (χ2v) is 8.16. The van der Waals surface area contributed by atoms with Crippen LogP contribution in [-0.2, 0) is 4.84 Å². The van der Waals surface area contributed by atoms with Gasteiger partial charge < -0.3 is 5.32 Å². The van der Waals surface area contributed by atoms with Crippen molar-refractivity contribution in [3.8, 4) is 11.1 Å². The summed E-state index contributed by atoms with van der Waals surface area (Å²) in [6, 6.07) is 17.9. The molecule has 3 rings (SSSR count). The van der Waals surface area contributed by atoms with Gasteiger partial charge >= 0.3 is 0 Å². The fourth-order valence-electron chi connectivity index (χ4n) is 3.67. The summed E-state index contributed by atoms with van der Waals surface area (Å²) >= 11 is 0. The van der Waals surface area contributed by atoms with Crippen LogP contribution in [0.3, 0.4) is 0 Å². The molecule has 0 aliphatic carbocycles. The van der Waals surface area contributed by atoms with Gasteiger partial charge in [-0.1, -0.05) is 54.6 Å². The van der Waals surface area contributed by atoms with Gasteiger partial charge in [-0.3, -0.25) is 9.63 Å². The van der Waals surface area contributed by atoms with Crippen LogP contribution in [-0.4, -0.2) is 41.6 Å². The lowest BCUT2D eigenvalue weighted by Gasteiger charge is -2.51. The lowest BCUT2D eigenvalue weighted by Crippen LogP contribution is -2.67. The molecule has 138 valence electrons. The topological polar surface area (TPSA) is 41.6 Å². The van der Waals surface area contributed by atoms with Crippen molar-refractivity contribution in [2.45, 2.75) is 38.8 Å². The summed E-state index contributed by atoms with van der Waals surface area (Å²) < 4.78 is 0. The Balaban J connectivity index is 1.66. The van der Waals surface area contributed by atoms with E-state index in [0.717, 1.165) is 24.2 Å². The van der Waals surface area contributed by atoms with Crippen molar-refractivity contribution in [2.24, 2.45) is 0 Å². The van der Waals surface area contributed by atoms with Gasteiger partial charge in [-0.15, -0.1) is 0 Å². The van der Waals surface area contributed by atoms with E-state index >= 15 is 0 Å². The molecule has 1 saturated heterocycles. The highest BCUT2D eigenvalue weighted by Crippen LogP contribution is 2.28. The van der Waals surface area contributed by atoms with Crippen LogP contribution in [0.2, 0.25) is 0 Å². The third-order valence-corrected chi connectivity index (χ3v) is 4.85. The van der Waals surface area contributed by atoms with Crippen LogP contribution < -0.4 is 5.32 Å². The smallest absolute Gasteiger partial charge is 0.190 e. The molecule has 0 aromatic heterocycles. The Morgan fingerprint density at radius 2 is 1.46 bits per heavy atom. The summed E-state index contributed by atoms with van der Waals surface area (Å²) in [4.78, 5) is 18.6. The van der Waals surface area contributed by atoms with Crippen LogP contribution in [0.5, 0.6) is 0 Å². The van der Waals surface area contributed by atoms with Crippen LogP contribution >= 0.6 is 0 Å². The van der Waals surface area contributed by atoms with Gasteiger partial charge in [0.1, 0.15) is 6.61 Å².